The second-order valence-electron chi connectivity index (χ2n) is 4.68. The van der Waals surface area contributed by atoms with E-state index in [1.54, 1.807) is 6.08 Å². The molecule has 0 aliphatic carbocycles. The Bertz CT molecular complexity index is 256. The van der Waals surface area contributed by atoms with Gasteiger partial charge in [0.25, 0.3) is 0 Å². The number of piperidine rings is 1. The molecule has 0 aromatic heterocycles. The summed E-state index contributed by atoms with van der Waals surface area (Å²) >= 11 is 0. The number of nitrogens with two attached hydrogens (primary N) is 1. The van der Waals surface area contributed by atoms with Gasteiger partial charge in [0.2, 0.25) is 5.91 Å². The van der Waals surface area contributed by atoms with Crippen LogP contribution in [0.4, 0.5) is 0 Å². The van der Waals surface area contributed by atoms with E-state index < -0.39 is 0 Å². The van der Waals surface area contributed by atoms with Crippen LogP contribution in [0.1, 0.15) is 33.6 Å². The van der Waals surface area contributed by atoms with Gasteiger partial charge in [-0.25, -0.2) is 0 Å². The molecule has 1 aliphatic rings. The highest BCUT2D eigenvalue weighted by molar-refractivity contribution is 5.88. The van der Waals surface area contributed by atoms with Crippen molar-refractivity contribution in [3.63, 3.8) is 0 Å². The molecule has 0 spiro atoms. The molecular formula is C12H22N2O. The van der Waals surface area contributed by atoms with Crippen LogP contribution in [0.5, 0.6) is 0 Å². The van der Waals surface area contributed by atoms with Gasteiger partial charge in [-0.3, -0.25) is 4.79 Å². The molecule has 0 aromatic carbocycles. The van der Waals surface area contributed by atoms with Crippen molar-refractivity contribution in [1.82, 2.24) is 4.90 Å². The van der Waals surface area contributed by atoms with Crippen LogP contribution in [-0.4, -0.2) is 29.9 Å². The fourth-order valence-electron chi connectivity index (χ4n) is 2.21. The van der Waals surface area contributed by atoms with E-state index in [1.165, 1.54) is 6.42 Å². The van der Waals surface area contributed by atoms with Crippen molar-refractivity contribution >= 4 is 5.91 Å². The first-order valence-electron chi connectivity index (χ1n) is 5.71. The number of likely N-dealkylation sites (tertiary alicyclic amines) is 1. The number of allylic oxidation sites excluding steroid dienone is 1. The standard InChI is InChI=1S/C12H22N2O/c1-9(2)7-12(15)14-6-4-5-10(3)11(14)8-13/h7,10-11H,4-6,8,13H2,1-3H3. The van der Waals surface area contributed by atoms with Gasteiger partial charge in [-0.05, 0) is 32.6 Å². The number of carbonyl (C=O) groups excluding carboxylic acids is 1. The second-order valence-corrected chi connectivity index (χ2v) is 4.68. The van der Waals surface area contributed by atoms with Gasteiger partial charge in [0.1, 0.15) is 0 Å². The van der Waals surface area contributed by atoms with Crippen molar-refractivity contribution < 1.29 is 4.79 Å². The predicted molar refractivity (Wildman–Crippen MR) is 62.4 cm³/mol. The monoisotopic (exact) mass is 210 g/mol. The Morgan fingerprint density at radius 2 is 2.20 bits per heavy atom. The van der Waals surface area contributed by atoms with Crippen LogP contribution < -0.4 is 5.73 Å². The summed E-state index contributed by atoms with van der Waals surface area (Å²) in [6, 6.07) is 0.224. The largest absolute Gasteiger partial charge is 0.335 e. The number of rotatable bonds is 2. The minimum absolute atomic E-state index is 0.122. The van der Waals surface area contributed by atoms with E-state index in [0.29, 0.717) is 12.5 Å². The summed E-state index contributed by atoms with van der Waals surface area (Å²) in [7, 11) is 0. The highest BCUT2D eigenvalue weighted by atomic mass is 16.2. The number of nitrogens with zero attached hydrogens (tertiary/aromatic N) is 1. The zero-order valence-electron chi connectivity index (χ0n) is 9.99. The molecule has 1 heterocycles. The molecule has 1 rings (SSSR count). The summed E-state index contributed by atoms with van der Waals surface area (Å²) in [6.45, 7) is 7.50. The lowest BCUT2D eigenvalue weighted by atomic mass is 9.90. The van der Waals surface area contributed by atoms with Crippen molar-refractivity contribution in [3.05, 3.63) is 11.6 Å². The lowest BCUT2D eigenvalue weighted by molar-refractivity contribution is -0.130. The van der Waals surface area contributed by atoms with Gasteiger partial charge in [0.05, 0.1) is 0 Å². The second kappa shape index (κ2) is 5.31. The Morgan fingerprint density at radius 3 is 2.73 bits per heavy atom. The highest BCUT2D eigenvalue weighted by Gasteiger charge is 2.29. The molecule has 3 heteroatoms. The maximum absolute atomic E-state index is 11.9. The molecule has 3 nitrogen and oxygen atoms in total. The summed E-state index contributed by atoms with van der Waals surface area (Å²) in [5.74, 6) is 0.648. The van der Waals surface area contributed by atoms with E-state index in [9.17, 15) is 4.79 Å². The summed E-state index contributed by atoms with van der Waals surface area (Å²) < 4.78 is 0. The lowest BCUT2D eigenvalue weighted by Gasteiger charge is -2.39. The van der Waals surface area contributed by atoms with E-state index in [-0.39, 0.29) is 11.9 Å². The molecule has 0 radical (unpaired) electrons. The molecule has 15 heavy (non-hydrogen) atoms. The number of hydrogen-bond donors (Lipinski definition) is 1. The maximum atomic E-state index is 11.9. The van der Waals surface area contributed by atoms with Gasteiger partial charge in [-0.2, -0.15) is 0 Å². The smallest absolute Gasteiger partial charge is 0.246 e. The Hall–Kier alpha value is -0.830. The lowest BCUT2D eigenvalue weighted by Crippen LogP contribution is -2.50. The molecule has 1 saturated heterocycles. The molecule has 0 bridgehead atoms. The first-order chi connectivity index (χ1) is 7.06. The Labute approximate surface area is 92.3 Å². The fraction of sp³-hybridized carbons (Fsp3) is 0.750. The third-order valence-corrected chi connectivity index (χ3v) is 3.05. The Balaban J connectivity index is 2.73. The topological polar surface area (TPSA) is 46.3 Å². The first-order valence-corrected chi connectivity index (χ1v) is 5.71. The maximum Gasteiger partial charge on any atom is 0.246 e. The molecule has 1 aliphatic heterocycles. The van der Waals surface area contributed by atoms with E-state index in [0.717, 1.165) is 18.5 Å². The fourth-order valence-corrected chi connectivity index (χ4v) is 2.21. The van der Waals surface area contributed by atoms with Crippen molar-refractivity contribution in [1.29, 1.82) is 0 Å². The quantitative estimate of drug-likeness (QED) is 0.703. The zero-order valence-corrected chi connectivity index (χ0v) is 9.99. The third kappa shape index (κ3) is 3.06. The van der Waals surface area contributed by atoms with E-state index in [4.69, 9.17) is 5.73 Å². The predicted octanol–water partition coefficient (Wildman–Crippen LogP) is 1.54. The summed E-state index contributed by atoms with van der Waals surface area (Å²) in [5.41, 5.74) is 6.79. The molecule has 2 N–H and O–H groups in total. The van der Waals surface area contributed by atoms with Crippen molar-refractivity contribution in [2.75, 3.05) is 13.1 Å². The van der Waals surface area contributed by atoms with Gasteiger partial charge in [0.15, 0.2) is 0 Å². The molecule has 1 amide bonds. The molecule has 2 atom stereocenters. The average molecular weight is 210 g/mol. The Kier molecular flexibility index (Phi) is 4.33. The van der Waals surface area contributed by atoms with Crippen LogP contribution in [0.2, 0.25) is 0 Å². The molecule has 1 fully saturated rings. The van der Waals surface area contributed by atoms with Crippen LogP contribution in [0.25, 0.3) is 0 Å². The van der Waals surface area contributed by atoms with Crippen molar-refractivity contribution in [2.45, 2.75) is 39.7 Å². The van der Waals surface area contributed by atoms with E-state index in [1.807, 2.05) is 18.7 Å². The van der Waals surface area contributed by atoms with Gasteiger partial charge in [-0.15, -0.1) is 0 Å². The summed E-state index contributed by atoms with van der Waals surface area (Å²) in [4.78, 5) is 13.8. The zero-order chi connectivity index (χ0) is 11.4. The number of hydrogen-bond acceptors (Lipinski definition) is 2. The average Bonchev–Trinajstić information content (AvgIpc) is 2.16. The number of carbonyl (C=O) groups is 1. The molecule has 86 valence electrons. The molecule has 0 saturated carbocycles. The van der Waals surface area contributed by atoms with Crippen molar-refractivity contribution in [3.8, 4) is 0 Å². The normalized spacial score (nSPS) is 26.3. The van der Waals surface area contributed by atoms with Crippen LogP contribution in [-0.2, 0) is 4.79 Å². The first kappa shape index (κ1) is 12.2. The third-order valence-electron chi connectivity index (χ3n) is 3.05. The van der Waals surface area contributed by atoms with Gasteiger partial charge >= 0.3 is 0 Å². The molecular weight excluding hydrogens is 188 g/mol. The van der Waals surface area contributed by atoms with Crippen LogP contribution in [0, 0.1) is 5.92 Å². The molecule has 2 unspecified atom stereocenters. The number of amides is 1. The van der Waals surface area contributed by atoms with Crippen LogP contribution >= 0.6 is 0 Å². The summed E-state index contributed by atoms with van der Waals surface area (Å²) in [6.07, 6.45) is 3.99. The highest BCUT2D eigenvalue weighted by Crippen LogP contribution is 2.22. The summed E-state index contributed by atoms with van der Waals surface area (Å²) in [5, 5.41) is 0. The van der Waals surface area contributed by atoms with E-state index >= 15 is 0 Å². The van der Waals surface area contributed by atoms with Crippen LogP contribution in [0.15, 0.2) is 11.6 Å². The van der Waals surface area contributed by atoms with E-state index in [2.05, 4.69) is 6.92 Å². The minimum atomic E-state index is 0.122. The minimum Gasteiger partial charge on any atom is -0.335 e. The van der Waals surface area contributed by atoms with Gasteiger partial charge < -0.3 is 10.6 Å². The van der Waals surface area contributed by atoms with Crippen molar-refractivity contribution in [2.24, 2.45) is 11.7 Å². The SMILES string of the molecule is CC(C)=CC(=O)N1CCCC(C)C1CN. The van der Waals surface area contributed by atoms with Crippen LogP contribution in [0.3, 0.4) is 0 Å². The van der Waals surface area contributed by atoms with Gasteiger partial charge in [0, 0.05) is 25.2 Å². The Morgan fingerprint density at radius 1 is 1.53 bits per heavy atom. The molecule has 0 aromatic rings. The van der Waals surface area contributed by atoms with Gasteiger partial charge in [-0.1, -0.05) is 12.5 Å².